The zero-order valence-electron chi connectivity index (χ0n) is 10.3. The van der Waals surface area contributed by atoms with Crippen LogP contribution in [0, 0.1) is 11.3 Å². The van der Waals surface area contributed by atoms with Gasteiger partial charge in [0.15, 0.2) is 0 Å². The Morgan fingerprint density at radius 2 is 2.11 bits per heavy atom. The van der Waals surface area contributed by atoms with E-state index in [1.54, 1.807) is 6.07 Å². The van der Waals surface area contributed by atoms with E-state index in [0.29, 0.717) is 20.6 Å². The van der Waals surface area contributed by atoms with Gasteiger partial charge in [-0.15, -0.1) is 11.3 Å². The van der Waals surface area contributed by atoms with Crippen molar-refractivity contribution in [1.29, 1.82) is 5.26 Å². The zero-order valence-corrected chi connectivity index (χ0v) is 12.7. The molecule has 0 saturated carbocycles. The van der Waals surface area contributed by atoms with Gasteiger partial charge in [0, 0.05) is 10.4 Å². The lowest BCUT2D eigenvalue weighted by Gasteiger charge is -2.07. The van der Waals surface area contributed by atoms with Crippen LogP contribution in [0.15, 0.2) is 18.2 Å². The van der Waals surface area contributed by atoms with E-state index in [1.807, 2.05) is 12.1 Å². The molecule has 0 bridgehead atoms. The Morgan fingerprint density at radius 3 is 2.74 bits per heavy atom. The van der Waals surface area contributed by atoms with E-state index in [1.165, 1.54) is 11.3 Å². The molecule has 0 aliphatic rings. The van der Waals surface area contributed by atoms with Crippen molar-refractivity contribution in [2.24, 2.45) is 0 Å². The summed E-state index contributed by atoms with van der Waals surface area (Å²) in [4.78, 5) is 1.48. The molecule has 0 amide bonds. The largest absolute Gasteiger partial charge is 0.397 e. The number of nitrogens with zero attached hydrogens (tertiary/aromatic N) is 1. The third-order valence-corrected chi connectivity index (χ3v) is 4.85. The van der Waals surface area contributed by atoms with E-state index in [-0.39, 0.29) is 0 Å². The minimum absolute atomic E-state index is 0.507. The number of hydrogen-bond acceptors (Lipinski definition) is 3. The van der Waals surface area contributed by atoms with E-state index in [4.69, 9.17) is 34.2 Å². The molecule has 0 spiro atoms. The first kappa shape index (κ1) is 14.2. The summed E-state index contributed by atoms with van der Waals surface area (Å²) in [5.41, 5.74) is 8.44. The number of anilines is 1. The Bertz CT molecular complexity index is 656. The van der Waals surface area contributed by atoms with Crippen LogP contribution in [0.25, 0.3) is 10.4 Å². The van der Waals surface area contributed by atoms with Crippen LogP contribution < -0.4 is 5.73 Å². The molecule has 0 aliphatic carbocycles. The molecule has 0 saturated heterocycles. The van der Waals surface area contributed by atoms with Gasteiger partial charge in [0.05, 0.1) is 15.7 Å². The van der Waals surface area contributed by atoms with Gasteiger partial charge in [-0.2, -0.15) is 5.26 Å². The standard InChI is InChI=1S/C14H12Cl2N2S/c1-2-4-9-13(18)11(7-17)19-14(9)8-5-3-6-10(15)12(8)16/h3,5-6H,2,4,18H2,1H3. The molecule has 5 heteroatoms. The Kier molecular flexibility index (Phi) is 4.36. The summed E-state index contributed by atoms with van der Waals surface area (Å²) in [7, 11) is 0. The van der Waals surface area contributed by atoms with Crippen molar-refractivity contribution in [3.63, 3.8) is 0 Å². The van der Waals surface area contributed by atoms with Crippen molar-refractivity contribution in [2.75, 3.05) is 5.73 Å². The van der Waals surface area contributed by atoms with Crippen LogP contribution in [0.3, 0.4) is 0 Å². The van der Waals surface area contributed by atoms with E-state index >= 15 is 0 Å². The second-order valence-electron chi connectivity index (χ2n) is 4.12. The Labute approximate surface area is 126 Å². The highest BCUT2D eigenvalue weighted by Gasteiger charge is 2.19. The molecular weight excluding hydrogens is 299 g/mol. The predicted octanol–water partition coefficient (Wildman–Crippen LogP) is 5.13. The normalized spacial score (nSPS) is 10.4. The van der Waals surface area contributed by atoms with Crippen molar-refractivity contribution >= 4 is 40.2 Å². The number of rotatable bonds is 3. The Morgan fingerprint density at radius 1 is 1.37 bits per heavy atom. The minimum Gasteiger partial charge on any atom is -0.397 e. The second kappa shape index (κ2) is 5.83. The highest BCUT2D eigenvalue weighted by atomic mass is 35.5. The summed E-state index contributed by atoms with van der Waals surface area (Å²) in [5.74, 6) is 0. The second-order valence-corrected chi connectivity index (χ2v) is 5.92. The van der Waals surface area contributed by atoms with Gasteiger partial charge in [0.25, 0.3) is 0 Å². The first-order chi connectivity index (χ1) is 9.10. The number of halogens is 2. The third kappa shape index (κ3) is 2.57. The van der Waals surface area contributed by atoms with E-state index in [9.17, 15) is 0 Å². The first-order valence-electron chi connectivity index (χ1n) is 5.85. The maximum atomic E-state index is 9.12. The van der Waals surface area contributed by atoms with Gasteiger partial charge in [0.2, 0.25) is 0 Å². The average Bonchev–Trinajstić information content (AvgIpc) is 2.71. The summed E-state index contributed by atoms with van der Waals surface area (Å²) < 4.78 is 0. The van der Waals surface area contributed by atoms with Crippen LogP contribution in [-0.4, -0.2) is 0 Å². The van der Waals surface area contributed by atoms with Crippen molar-refractivity contribution in [3.8, 4) is 16.5 Å². The number of nitriles is 1. The van der Waals surface area contributed by atoms with Gasteiger partial charge in [-0.3, -0.25) is 0 Å². The maximum absolute atomic E-state index is 9.12. The fourth-order valence-corrected chi connectivity index (χ4v) is 3.51. The van der Waals surface area contributed by atoms with E-state index in [2.05, 4.69) is 13.0 Å². The molecule has 1 heterocycles. The number of nitrogen functional groups attached to an aromatic ring is 1. The molecular formula is C14H12Cl2N2S. The number of benzene rings is 1. The molecule has 0 radical (unpaired) electrons. The van der Waals surface area contributed by atoms with Gasteiger partial charge < -0.3 is 5.73 Å². The van der Waals surface area contributed by atoms with Crippen molar-refractivity contribution in [1.82, 2.24) is 0 Å². The smallest absolute Gasteiger partial charge is 0.128 e. The van der Waals surface area contributed by atoms with Crippen LogP contribution in [-0.2, 0) is 6.42 Å². The molecule has 98 valence electrons. The lowest BCUT2D eigenvalue weighted by atomic mass is 10.0. The van der Waals surface area contributed by atoms with Crippen LogP contribution in [0.4, 0.5) is 5.69 Å². The highest BCUT2D eigenvalue weighted by molar-refractivity contribution is 7.17. The van der Waals surface area contributed by atoms with Gasteiger partial charge >= 0.3 is 0 Å². The topological polar surface area (TPSA) is 49.8 Å². The van der Waals surface area contributed by atoms with Crippen LogP contribution >= 0.6 is 34.5 Å². The Hall–Kier alpha value is -1.21. The molecule has 2 nitrogen and oxygen atoms in total. The molecule has 19 heavy (non-hydrogen) atoms. The van der Waals surface area contributed by atoms with Gasteiger partial charge in [-0.1, -0.05) is 48.7 Å². The fraction of sp³-hybridized carbons (Fsp3) is 0.214. The summed E-state index contributed by atoms with van der Waals surface area (Å²) in [6, 6.07) is 7.63. The van der Waals surface area contributed by atoms with E-state index in [0.717, 1.165) is 28.8 Å². The van der Waals surface area contributed by atoms with Crippen LogP contribution in [0.2, 0.25) is 10.0 Å². The average molecular weight is 311 g/mol. The van der Waals surface area contributed by atoms with Crippen LogP contribution in [0.5, 0.6) is 0 Å². The number of thiophene rings is 1. The van der Waals surface area contributed by atoms with E-state index < -0.39 is 0 Å². The molecule has 1 aromatic carbocycles. The number of nitrogens with two attached hydrogens (primary N) is 1. The molecule has 0 aliphatic heterocycles. The van der Waals surface area contributed by atoms with Crippen molar-refractivity contribution in [2.45, 2.75) is 19.8 Å². The van der Waals surface area contributed by atoms with Gasteiger partial charge in [0.1, 0.15) is 10.9 Å². The summed E-state index contributed by atoms with van der Waals surface area (Å²) in [6.07, 6.45) is 1.78. The quantitative estimate of drug-likeness (QED) is 0.854. The van der Waals surface area contributed by atoms with Crippen LogP contribution in [0.1, 0.15) is 23.8 Å². The first-order valence-corrected chi connectivity index (χ1v) is 7.43. The fourth-order valence-electron chi connectivity index (χ4n) is 1.96. The molecule has 2 aromatic rings. The summed E-state index contributed by atoms with van der Waals surface area (Å²) >= 11 is 13.7. The number of hydrogen-bond donors (Lipinski definition) is 1. The highest BCUT2D eigenvalue weighted by Crippen LogP contribution is 2.43. The Balaban J connectivity index is 2.68. The zero-order chi connectivity index (χ0) is 14.0. The minimum atomic E-state index is 0.507. The van der Waals surface area contributed by atoms with Crippen molar-refractivity contribution < 1.29 is 0 Å². The van der Waals surface area contributed by atoms with Gasteiger partial charge in [-0.05, 0) is 18.1 Å². The summed E-state index contributed by atoms with van der Waals surface area (Å²) in [5, 5.41) is 10.1. The molecule has 2 rings (SSSR count). The third-order valence-electron chi connectivity index (χ3n) is 2.85. The molecule has 2 N–H and O–H groups in total. The summed E-state index contributed by atoms with van der Waals surface area (Å²) in [6.45, 7) is 2.08. The molecule has 0 fully saturated rings. The van der Waals surface area contributed by atoms with Gasteiger partial charge in [-0.25, -0.2) is 0 Å². The van der Waals surface area contributed by atoms with Crippen molar-refractivity contribution in [3.05, 3.63) is 38.7 Å². The lowest BCUT2D eigenvalue weighted by Crippen LogP contribution is -1.93. The SMILES string of the molecule is CCCc1c(-c2cccc(Cl)c2Cl)sc(C#N)c1N. The molecule has 1 aromatic heterocycles. The lowest BCUT2D eigenvalue weighted by molar-refractivity contribution is 0.930. The monoisotopic (exact) mass is 310 g/mol. The molecule has 0 unspecified atom stereocenters. The molecule has 0 atom stereocenters. The maximum Gasteiger partial charge on any atom is 0.128 e. The predicted molar refractivity (Wildman–Crippen MR) is 82.9 cm³/mol.